The minimum absolute atomic E-state index is 0.369. The first-order chi connectivity index (χ1) is 9.65. The van der Waals surface area contributed by atoms with E-state index >= 15 is 0 Å². The van der Waals surface area contributed by atoms with Gasteiger partial charge in [0.15, 0.2) is 0 Å². The predicted molar refractivity (Wildman–Crippen MR) is 77.7 cm³/mol. The molecule has 0 radical (unpaired) electrons. The number of ether oxygens (including phenoxy) is 1. The van der Waals surface area contributed by atoms with Crippen LogP contribution in [-0.4, -0.2) is 11.1 Å². The van der Waals surface area contributed by atoms with Crippen molar-refractivity contribution in [1.82, 2.24) is 0 Å². The third-order valence-electron chi connectivity index (χ3n) is 3.14. The van der Waals surface area contributed by atoms with Crippen molar-refractivity contribution in [3.63, 3.8) is 0 Å². The Balaban J connectivity index is 1.90. The summed E-state index contributed by atoms with van der Waals surface area (Å²) >= 11 is 0. The smallest absolute Gasteiger partial charge is 0.306 e. The maximum atomic E-state index is 10.8. The first kappa shape index (κ1) is 14.1. The van der Waals surface area contributed by atoms with E-state index in [1.807, 2.05) is 54.6 Å². The lowest BCUT2D eigenvalue weighted by molar-refractivity contribution is -0.141. The van der Waals surface area contributed by atoms with Gasteiger partial charge >= 0.3 is 5.97 Å². The Bertz CT molecular complexity index is 546. The molecule has 1 atom stereocenters. The summed E-state index contributed by atoms with van der Waals surface area (Å²) in [6.45, 7) is 2.24. The second-order valence-electron chi connectivity index (χ2n) is 4.86. The van der Waals surface area contributed by atoms with E-state index in [1.54, 1.807) is 6.92 Å². The lowest BCUT2D eigenvalue weighted by Crippen LogP contribution is -2.12. The highest BCUT2D eigenvalue weighted by Crippen LogP contribution is 2.16. The van der Waals surface area contributed by atoms with Gasteiger partial charge in [0.1, 0.15) is 12.4 Å². The van der Waals surface area contributed by atoms with Crippen LogP contribution in [0.25, 0.3) is 0 Å². The monoisotopic (exact) mass is 270 g/mol. The summed E-state index contributed by atoms with van der Waals surface area (Å²) in [7, 11) is 0. The molecule has 20 heavy (non-hydrogen) atoms. The van der Waals surface area contributed by atoms with E-state index in [0.717, 1.165) is 16.9 Å². The predicted octanol–water partition coefficient (Wildman–Crippen LogP) is 3.53. The Morgan fingerprint density at radius 3 is 2.30 bits per heavy atom. The number of aliphatic carboxylic acids is 1. The molecule has 0 aliphatic carbocycles. The second kappa shape index (κ2) is 6.75. The third kappa shape index (κ3) is 4.12. The van der Waals surface area contributed by atoms with Gasteiger partial charge in [-0.15, -0.1) is 0 Å². The fraction of sp³-hybridized carbons (Fsp3) is 0.235. The average molecular weight is 270 g/mol. The topological polar surface area (TPSA) is 46.5 Å². The van der Waals surface area contributed by atoms with Gasteiger partial charge in [-0.05, 0) is 29.7 Å². The fourth-order valence-electron chi connectivity index (χ4n) is 1.90. The molecule has 0 aliphatic heterocycles. The van der Waals surface area contributed by atoms with Gasteiger partial charge in [0, 0.05) is 0 Å². The summed E-state index contributed by atoms with van der Waals surface area (Å²) in [5.74, 6) is -0.346. The molecule has 1 N–H and O–H groups in total. The molecule has 3 heteroatoms. The second-order valence-corrected chi connectivity index (χ2v) is 4.86. The van der Waals surface area contributed by atoms with Gasteiger partial charge in [-0.3, -0.25) is 4.79 Å². The first-order valence-electron chi connectivity index (χ1n) is 6.63. The van der Waals surface area contributed by atoms with Crippen molar-refractivity contribution in [2.75, 3.05) is 0 Å². The molecule has 0 aromatic heterocycles. The van der Waals surface area contributed by atoms with Gasteiger partial charge in [-0.1, -0.05) is 49.4 Å². The zero-order valence-electron chi connectivity index (χ0n) is 11.5. The Labute approximate surface area is 118 Å². The highest BCUT2D eigenvalue weighted by Gasteiger charge is 2.11. The Kier molecular flexibility index (Phi) is 4.77. The van der Waals surface area contributed by atoms with E-state index in [4.69, 9.17) is 9.84 Å². The Morgan fingerprint density at radius 1 is 1.05 bits per heavy atom. The molecular formula is C17H18O3. The molecule has 0 fully saturated rings. The summed E-state index contributed by atoms with van der Waals surface area (Å²) in [4.78, 5) is 10.8. The maximum Gasteiger partial charge on any atom is 0.306 e. The van der Waals surface area contributed by atoms with Gasteiger partial charge in [0.2, 0.25) is 0 Å². The van der Waals surface area contributed by atoms with Crippen LogP contribution in [0.4, 0.5) is 0 Å². The molecule has 104 valence electrons. The summed E-state index contributed by atoms with van der Waals surface area (Å²) in [5.41, 5.74) is 2.13. The maximum absolute atomic E-state index is 10.8. The summed E-state index contributed by atoms with van der Waals surface area (Å²) in [6, 6.07) is 17.6. The van der Waals surface area contributed by atoms with Crippen molar-refractivity contribution < 1.29 is 14.6 Å². The molecule has 0 saturated carbocycles. The minimum Gasteiger partial charge on any atom is -0.489 e. The average Bonchev–Trinajstić information content (AvgIpc) is 2.47. The molecule has 2 aromatic rings. The van der Waals surface area contributed by atoms with Crippen LogP contribution in [0.5, 0.6) is 5.75 Å². The van der Waals surface area contributed by atoms with Gasteiger partial charge < -0.3 is 9.84 Å². The number of carboxylic acid groups (broad SMARTS) is 1. The zero-order chi connectivity index (χ0) is 14.4. The molecule has 0 unspecified atom stereocenters. The largest absolute Gasteiger partial charge is 0.489 e. The van der Waals surface area contributed by atoms with Gasteiger partial charge in [-0.25, -0.2) is 0 Å². The van der Waals surface area contributed by atoms with Crippen LogP contribution in [0.1, 0.15) is 18.1 Å². The third-order valence-corrected chi connectivity index (χ3v) is 3.14. The van der Waals surface area contributed by atoms with Crippen LogP contribution in [0.15, 0.2) is 54.6 Å². The lowest BCUT2D eigenvalue weighted by Gasteiger charge is -2.09. The first-order valence-corrected chi connectivity index (χ1v) is 6.63. The number of rotatable bonds is 6. The number of hydrogen-bond acceptors (Lipinski definition) is 2. The van der Waals surface area contributed by atoms with Crippen LogP contribution in [0.2, 0.25) is 0 Å². The number of carboxylic acids is 1. The van der Waals surface area contributed by atoms with Crippen molar-refractivity contribution in [3.8, 4) is 5.75 Å². The zero-order valence-corrected chi connectivity index (χ0v) is 11.5. The van der Waals surface area contributed by atoms with Gasteiger partial charge in [0.25, 0.3) is 0 Å². The Hall–Kier alpha value is -2.29. The van der Waals surface area contributed by atoms with Crippen molar-refractivity contribution in [2.45, 2.75) is 20.0 Å². The standard InChI is InChI=1S/C17H18O3/c1-13(17(18)19)11-14-7-9-16(10-8-14)20-12-15-5-3-2-4-6-15/h2-10,13H,11-12H2,1H3,(H,18,19)/t13-/m0/s1. The number of benzene rings is 2. The van der Waals surface area contributed by atoms with Crippen LogP contribution in [0.3, 0.4) is 0 Å². The molecular weight excluding hydrogens is 252 g/mol. The molecule has 0 aliphatic rings. The fourth-order valence-corrected chi connectivity index (χ4v) is 1.90. The summed E-state index contributed by atoms with van der Waals surface area (Å²) in [5, 5.41) is 8.88. The molecule has 0 spiro atoms. The molecule has 3 nitrogen and oxygen atoms in total. The van der Waals surface area contributed by atoms with Crippen molar-refractivity contribution in [1.29, 1.82) is 0 Å². The SMILES string of the molecule is C[C@@H](Cc1ccc(OCc2ccccc2)cc1)C(=O)O. The quantitative estimate of drug-likeness (QED) is 0.873. The molecule has 2 aromatic carbocycles. The van der Waals surface area contributed by atoms with Gasteiger partial charge in [-0.2, -0.15) is 0 Å². The Morgan fingerprint density at radius 2 is 1.70 bits per heavy atom. The van der Waals surface area contributed by atoms with E-state index in [9.17, 15) is 4.79 Å². The summed E-state index contributed by atoms with van der Waals surface area (Å²) in [6.07, 6.45) is 0.536. The van der Waals surface area contributed by atoms with Crippen LogP contribution in [0, 0.1) is 5.92 Å². The highest BCUT2D eigenvalue weighted by atomic mass is 16.5. The molecule has 0 bridgehead atoms. The molecule has 0 saturated heterocycles. The highest BCUT2D eigenvalue weighted by molar-refractivity contribution is 5.69. The van der Waals surface area contributed by atoms with Crippen molar-refractivity contribution >= 4 is 5.97 Å². The van der Waals surface area contributed by atoms with E-state index in [2.05, 4.69) is 0 Å². The van der Waals surface area contributed by atoms with Gasteiger partial charge in [0.05, 0.1) is 5.92 Å². The normalized spacial score (nSPS) is 11.8. The van der Waals surface area contributed by atoms with Crippen LogP contribution in [-0.2, 0) is 17.8 Å². The molecule has 2 rings (SSSR count). The van der Waals surface area contributed by atoms with E-state index in [0.29, 0.717) is 13.0 Å². The van der Waals surface area contributed by atoms with Crippen molar-refractivity contribution in [3.05, 3.63) is 65.7 Å². The van der Waals surface area contributed by atoms with Crippen LogP contribution < -0.4 is 4.74 Å². The van der Waals surface area contributed by atoms with E-state index in [1.165, 1.54) is 0 Å². The lowest BCUT2D eigenvalue weighted by atomic mass is 10.0. The van der Waals surface area contributed by atoms with Crippen LogP contribution >= 0.6 is 0 Å². The summed E-state index contributed by atoms with van der Waals surface area (Å²) < 4.78 is 5.68. The number of hydrogen-bond donors (Lipinski definition) is 1. The number of carbonyl (C=O) groups is 1. The van der Waals surface area contributed by atoms with Crippen molar-refractivity contribution in [2.24, 2.45) is 5.92 Å². The minimum atomic E-state index is -0.769. The molecule has 0 amide bonds. The van der Waals surface area contributed by atoms with E-state index in [-0.39, 0.29) is 5.92 Å². The van der Waals surface area contributed by atoms with E-state index < -0.39 is 5.97 Å². The molecule has 0 heterocycles.